The van der Waals surface area contributed by atoms with Gasteiger partial charge < -0.3 is 9.15 Å². The predicted molar refractivity (Wildman–Crippen MR) is 96.6 cm³/mol. The lowest BCUT2D eigenvalue weighted by Gasteiger charge is -2.05. The highest BCUT2D eigenvalue weighted by Gasteiger charge is 2.11. The predicted octanol–water partition coefficient (Wildman–Crippen LogP) is 5.38. The number of hydrogen-bond donors (Lipinski definition) is 0. The van der Waals surface area contributed by atoms with Crippen molar-refractivity contribution in [3.8, 4) is 5.75 Å². The third-order valence-electron chi connectivity index (χ3n) is 4.02. The summed E-state index contributed by atoms with van der Waals surface area (Å²) in [6, 6.07) is 11.6. The molecule has 3 aromatic rings. The molecule has 2 heterocycles. The van der Waals surface area contributed by atoms with Crippen LogP contribution in [0.4, 0.5) is 0 Å². The van der Waals surface area contributed by atoms with Gasteiger partial charge in [-0.25, -0.2) is 0 Å². The van der Waals surface area contributed by atoms with Crippen molar-refractivity contribution in [2.75, 3.05) is 6.61 Å². The van der Waals surface area contributed by atoms with Crippen molar-refractivity contribution in [1.29, 1.82) is 0 Å². The molecule has 0 N–H and O–H groups in total. The van der Waals surface area contributed by atoms with Gasteiger partial charge in [0.1, 0.15) is 17.1 Å². The maximum Gasteiger partial charge on any atom is 0.137 e. The van der Waals surface area contributed by atoms with Gasteiger partial charge in [-0.05, 0) is 56.0 Å². The molecule has 0 amide bonds. The highest BCUT2D eigenvalue weighted by Crippen LogP contribution is 2.26. The number of furan rings is 1. The van der Waals surface area contributed by atoms with Gasteiger partial charge in [-0.2, -0.15) is 0 Å². The van der Waals surface area contributed by atoms with Crippen molar-refractivity contribution < 1.29 is 9.15 Å². The number of nitrogens with zero attached hydrogens (tertiary/aromatic N) is 4. The SMILES string of the molecule is CCOc1ccc(CCc2cc3oc(C(C)N=[N+]=[N-])cc3cn2)cc1. The molecule has 0 saturated carbocycles. The van der Waals surface area contributed by atoms with Crippen LogP contribution in [0.1, 0.15) is 36.9 Å². The lowest BCUT2D eigenvalue weighted by molar-refractivity contribution is 0.340. The summed E-state index contributed by atoms with van der Waals surface area (Å²) in [7, 11) is 0. The van der Waals surface area contributed by atoms with Crippen LogP contribution in [0.5, 0.6) is 5.75 Å². The first-order valence-corrected chi connectivity index (χ1v) is 8.34. The standard InChI is InChI=1S/C19H20N4O2/c1-3-24-17-8-5-14(6-9-17)4-7-16-11-19-15(12-21-16)10-18(25-19)13(2)22-23-20/h5-6,8-13H,3-4,7H2,1-2H3. The number of hydrogen-bond acceptors (Lipinski definition) is 4. The maximum atomic E-state index is 8.54. The number of rotatable bonds is 7. The molecule has 0 radical (unpaired) electrons. The average Bonchev–Trinajstić information content (AvgIpc) is 3.05. The molecule has 0 spiro atoms. The second-order valence-electron chi connectivity index (χ2n) is 5.82. The van der Waals surface area contributed by atoms with Gasteiger partial charge in [0.25, 0.3) is 0 Å². The van der Waals surface area contributed by atoms with E-state index in [9.17, 15) is 0 Å². The average molecular weight is 336 g/mol. The lowest BCUT2D eigenvalue weighted by Crippen LogP contribution is -1.95. The molecule has 0 fully saturated rings. The smallest absolute Gasteiger partial charge is 0.137 e. The van der Waals surface area contributed by atoms with Gasteiger partial charge in [0.05, 0.1) is 12.6 Å². The molecule has 0 aliphatic heterocycles. The zero-order chi connectivity index (χ0) is 17.6. The van der Waals surface area contributed by atoms with Crippen molar-refractivity contribution in [3.63, 3.8) is 0 Å². The number of aryl methyl sites for hydroxylation is 2. The van der Waals surface area contributed by atoms with Gasteiger partial charge in [0.15, 0.2) is 0 Å². The van der Waals surface area contributed by atoms with Crippen LogP contribution in [-0.2, 0) is 12.8 Å². The number of ether oxygens (including phenoxy) is 1. The summed E-state index contributed by atoms with van der Waals surface area (Å²) in [5.41, 5.74) is 11.5. The van der Waals surface area contributed by atoms with Gasteiger partial charge in [-0.1, -0.05) is 17.2 Å². The number of benzene rings is 1. The fourth-order valence-electron chi connectivity index (χ4n) is 2.66. The van der Waals surface area contributed by atoms with Gasteiger partial charge in [-0.3, -0.25) is 4.98 Å². The molecule has 6 heteroatoms. The molecule has 0 bridgehead atoms. The molecule has 1 atom stereocenters. The summed E-state index contributed by atoms with van der Waals surface area (Å²) in [6.07, 6.45) is 3.53. The van der Waals surface area contributed by atoms with E-state index in [1.807, 2.05) is 31.2 Å². The molecule has 0 saturated heterocycles. The highest BCUT2D eigenvalue weighted by atomic mass is 16.5. The first-order chi connectivity index (χ1) is 12.2. The van der Waals surface area contributed by atoms with Crippen molar-refractivity contribution in [2.24, 2.45) is 5.11 Å². The van der Waals surface area contributed by atoms with Gasteiger partial charge in [0.2, 0.25) is 0 Å². The minimum absolute atomic E-state index is 0.329. The topological polar surface area (TPSA) is 84.0 Å². The van der Waals surface area contributed by atoms with Crippen LogP contribution in [0, 0.1) is 0 Å². The molecular formula is C19H20N4O2. The quantitative estimate of drug-likeness (QED) is 0.330. The summed E-state index contributed by atoms with van der Waals surface area (Å²) < 4.78 is 11.3. The van der Waals surface area contributed by atoms with E-state index in [1.165, 1.54) is 5.56 Å². The summed E-state index contributed by atoms with van der Waals surface area (Å²) in [6.45, 7) is 4.45. The second kappa shape index (κ2) is 7.73. The van der Waals surface area contributed by atoms with E-state index in [0.29, 0.717) is 12.4 Å². The van der Waals surface area contributed by atoms with Crippen LogP contribution >= 0.6 is 0 Å². The third-order valence-corrected chi connectivity index (χ3v) is 4.02. The monoisotopic (exact) mass is 336 g/mol. The first kappa shape index (κ1) is 16.9. The molecule has 128 valence electrons. The molecule has 25 heavy (non-hydrogen) atoms. The number of fused-ring (bicyclic) bond motifs is 1. The molecule has 6 nitrogen and oxygen atoms in total. The molecular weight excluding hydrogens is 316 g/mol. The summed E-state index contributed by atoms with van der Waals surface area (Å²) in [4.78, 5) is 7.32. The summed E-state index contributed by atoms with van der Waals surface area (Å²) in [5.74, 6) is 1.54. The van der Waals surface area contributed by atoms with E-state index in [-0.39, 0.29) is 6.04 Å². The Morgan fingerprint density at radius 1 is 1.24 bits per heavy atom. The van der Waals surface area contributed by atoms with Gasteiger partial charge >= 0.3 is 0 Å². The second-order valence-corrected chi connectivity index (χ2v) is 5.82. The van der Waals surface area contributed by atoms with E-state index < -0.39 is 0 Å². The molecule has 1 aromatic carbocycles. The van der Waals surface area contributed by atoms with E-state index in [0.717, 1.165) is 35.3 Å². The van der Waals surface area contributed by atoms with Crippen LogP contribution in [0.3, 0.4) is 0 Å². The minimum atomic E-state index is -0.329. The van der Waals surface area contributed by atoms with Crippen molar-refractivity contribution in [3.05, 3.63) is 70.1 Å². The summed E-state index contributed by atoms with van der Waals surface area (Å²) in [5, 5.41) is 4.58. The summed E-state index contributed by atoms with van der Waals surface area (Å²) >= 11 is 0. The van der Waals surface area contributed by atoms with Crippen molar-refractivity contribution >= 4 is 11.0 Å². The maximum absolute atomic E-state index is 8.54. The Morgan fingerprint density at radius 2 is 2.04 bits per heavy atom. The zero-order valence-corrected chi connectivity index (χ0v) is 14.3. The van der Waals surface area contributed by atoms with Crippen molar-refractivity contribution in [1.82, 2.24) is 4.98 Å². The van der Waals surface area contributed by atoms with Crippen LogP contribution in [0.25, 0.3) is 21.4 Å². The van der Waals surface area contributed by atoms with Gasteiger partial charge in [0, 0.05) is 28.3 Å². The van der Waals surface area contributed by atoms with Crippen molar-refractivity contribution in [2.45, 2.75) is 32.7 Å². The van der Waals surface area contributed by atoms with Crippen LogP contribution in [-0.4, -0.2) is 11.6 Å². The fourth-order valence-corrected chi connectivity index (χ4v) is 2.66. The van der Waals surface area contributed by atoms with E-state index in [4.69, 9.17) is 14.7 Å². The Kier molecular flexibility index (Phi) is 5.21. The Bertz CT molecular complexity index is 895. The Labute approximate surface area is 146 Å². The van der Waals surface area contributed by atoms with E-state index in [1.54, 1.807) is 13.1 Å². The lowest BCUT2D eigenvalue weighted by atomic mass is 10.1. The first-order valence-electron chi connectivity index (χ1n) is 8.34. The normalized spacial score (nSPS) is 11.9. The Balaban J connectivity index is 1.70. The largest absolute Gasteiger partial charge is 0.494 e. The molecule has 1 unspecified atom stereocenters. The van der Waals surface area contributed by atoms with E-state index in [2.05, 4.69) is 27.1 Å². The zero-order valence-electron chi connectivity index (χ0n) is 14.3. The number of pyridine rings is 1. The Morgan fingerprint density at radius 3 is 2.76 bits per heavy atom. The number of azide groups is 1. The highest BCUT2D eigenvalue weighted by molar-refractivity contribution is 5.77. The number of aromatic nitrogens is 1. The van der Waals surface area contributed by atoms with Crippen LogP contribution < -0.4 is 4.74 Å². The Hall–Kier alpha value is -2.98. The molecule has 0 aliphatic rings. The third kappa shape index (κ3) is 4.11. The minimum Gasteiger partial charge on any atom is -0.494 e. The fraction of sp³-hybridized carbons (Fsp3) is 0.316. The van der Waals surface area contributed by atoms with Gasteiger partial charge in [-0.15, -0.1) is 0 Å². The van der Waals surface area contributed by atoms with E-state index >= 15 is 0 Å². The van der Waals surface area contributed by atoms with Crippen LogP contribution in [0.2, 0.25) is 0 Å². The molecule has 0 aliphatic carbocycles. The van der Waals surface area contributed by atoms with Crippen LogP contribution in [0.15, 0.2) is 52.1 Å². The molecule has 3 rings (SSSR count). The molecule has 2 aromatic heterocycles.